The minimum Gasteiger partial charge on any atom is -0.348 e. The summed E-state index contributed by atoms with van der Waals surface area (Å²) in [6.07, 6.45) is 0. The van der Waals surface area contributed by atoms with Gasteiger partial charge in [0.25, 0.3) is 5.91 Å². The number of benzene rings is 1. The van der Waals surface area contributed by atoms with Gasteiger partial charge in [0.05, 0.1) is 5.56 Å². The molecule has 1 amide bonds. The van der Waals surface area contributed by atoms with Crippen molar-refractivity contribution in [2.45, 2.75) is 11.4 Å². The van der Waals surface area contributed by atoms with Crippen molar-refractivity contribution >= 4 is 45.8 Å². The third kappa shape index (κ3) is 3.34. The van der Waals surface area contributed by atoms with Crippen LogP contribution in [-0.4, -0.2) is 5.91 Å². The van der Waals surface area contributed by atoms with Gasteiger partial charge in [-0.05, 0) is 56.5 Å². The number of carbonyl (C=O) groups is 1. The fraction of sp³-hybridized carbons (Fsp3) is 0.0833. The van der Waals surface area contributed by atoms with Gasteiger partial charge in [-0.15, -0.1) is 12.6 Å². The van der Waals surface area contributed by atoms with Crippen molar-refractivity contribution in [3.63, 3.8) is 0 Å². The van der Waals surface area contributed by atoms with E-state index in [-0.39, 0.29) is 5.91 Å². The Kier molecular flexibility index (Phi) is 4.25. The van der Waals surface area contributed by atoms with Gasteiger partial charge in [0.1, 0.15) is 0 Å². The lowest BCUT2D eigenvalue weighted by molar-refractivity contribution is 0.0950. The smallest absolute Gasteiger partial charge is 0.252 e. The van der Waals surface area contributed by atoms with E-state index in [4.69, 9.17) is 0 Å². The molecule has 0 fully saturated rings. The standard InChI is InChI=1S/C12H10BrNOS2/c13-11-2-1-9(16)5-10(11)12(15)14-6-8-3-4-17-7-8/h1-5,7,16H,6H2,(H,14,15). The SMILES string of the molecule is O=C(NCc1ccsc1)c1cc(S)ccc1Br. The van der Waals surface area contributed by atoms with Crippen molar-refractivity contribution in [1.29, 1.82) is 0 Å². The molecule has 0 spiro atoms. The van der Waals surface area contributed by atoms with Gasteiger partial charge < -0.3 is 5.32 Å². The molecule has 2 rings (SSSR count). The average Bonchev–Trinajstić information content (AvgIpc) is 2.82. The van der Waals surface area contributed by atoms with E-state index < -0.39 is 0 Å². The van der Waals surface area contributed by atoms with Crippen LogP contribution in [0.5, 0.6) is 0 Å². The maximum absolute atomic E-state index is 11.9. The molecule has 2 aromatic rings. The van der Waals surface area contributed by atoms with Crippen molar-refractivity contribution < 1.29 is 4.79 Å². The van der Waals surface area contributed by atoms with Gasteiger partial charge in [-0.3, -0.25) is 4.79 Å². The zero-order chi connectivity index (χ0) is 12.3. The molecule has 1 aromatic heterocycles. The van der Waals surface area contributed by atoms with Crippen LogP contribution in [0.2, 0.25) is 0 Å². The molecule has 0 unspecified atom stereocenters. The zero-order valence-corrected chi connectivity index (χ0v) is 12.1. The number of hydrogen-bond donors (Lipinski definition) is 2. The van der Waals surface area contributed by atoms with Crippen molar-refractivity contribution in [1.82, 2.24) is 5.32 Å². The van der Waals surface area contributed by atoms with E-state index in [1.54, 1.807) is 17.4 Å². The fourth-order valence-electron chi connectivity index (χ4n) is 1.36. The summed E-state index contributed by atoms with van der Waals surface area (Å²) >= 11 is 9.20. The van der Waals surface area contributed by atoms with Gasteiger partial charge >= 0.3 is 0 Å². The lowest BCUT2D eigenvalue weighted by atomic mass is 10.2. The molecule has 0 atom stereocenters. The van der Waals surface area contributed by atoms with Crippen molar-refractivity contribution in [2.24, 2.45) is 0 Å². The number of hydrogen-bond acceptors (Lipinski definition) is 3. The normalized spacial score (nSPS) is 10.2. The summed E-state index contributed by atoms with van der Waals surface area (Å²) in [7, 11) is 0. The molecule has 0 aliphatic rings. The van der Waals surface area contributed by atoms with Crippen LogP contribution in [-0.2, 0) is 6.54 Å². The summed E-state index contributed by atoms with van der Waals surface area (Å²) in [6, 6.07) is 7.40. The van der Waals surface area contributed by atoms with E-state index in [1.165, 1.54) is 0 Å². The van der Waals surface area contributed by atoms with Crippen LogP contribution < -0.4 is 5.32 Å². The first-order valence-electron chi connectivity index (χ1n) is 4.94. The molecule has 0 aliphatic heterocycles. The van der Waals surface area contributed by atoms with Crippen LogP contribution in [0.25, 0.3) is 0 Å². The molecule has 1 heterocycles. The fourth-order valence-corrected chi connectivity index (χ4v) is 2.66. The molecule has 2 nitrogen and oxygen atoms in total. The van der Waals surface area contributed by atoms with E-state index in [1.807, 2.05) is 29.0 Å². The van der Waals surface area contributed by atoms with Crippen LogP contribution in [0, 0.1) is 0 Å². The second kappa shape index (κ2) is 5.71. The van der Waals surface area contributed by atoms with Gasteiger partial charge in [-0.1, -0.05) is 0 Å². The molecule has 1 N–H and O–H groups in total. The van der Waals surface area contributed by atoms with Crippen LogP contribution >= 0.6 is 39.9 Å². The molecular weight excluding hydrogens is 318 g/mol. The van der Waals surface area contributed by atoms with Crippen molar-refractivity contribution in [3.05, 3.63) is 50.6 Å². The summed E-state index contributed by atoms with van der Waals surface area (Å²) in [4.78, 5) is 12.7. The predicted octanol–water partition coefficient (Wildman–Crippen LogP) is 3.73. The average molecular weight is 328 g/mol. The quantitative estimate of drug-likeness (QED) is 0.826. The highest BCUT2D eigenvalue weighted by Gasteiger charge is 2.09. The summed E-state index contributed by atoms with van der Waals surface area (Å²) in [6.45, 7) is 0.547. The number of thiol groups is 1. The Hall–Kier alpha value is -0.780. The van der Waals surface area contributed by atoms with E-state index >= 15 is 0 Å². The Morgan fingerprint density at radius 1 is 1.41 bits per heavy atom. The highest BCUT2D eigenvalue weighted by atomic mass is 79.9. The first kappa shape index (κ1) is 12.7. The highest BCUT2D eigenvalue weighted by Crippen LogP contribution is 2.20. The second-order valence-electron chi connectivity index (χ2n) is 3.48. The minimum atomic E-state index is -0.0982. The topological polar surface area (TPSA) is 29.1 Å². The molecule has 88 valence electrons. The van der Waals surface area contributed by atoms with Crippen LogP contribution in [0.3, 0.4) is 0 Å². The number of nitrogens with one attached hydrogen (secondary N) is 1. The van der Waals surface area contributed by atoms with Crippen molar-refractivity contribution in [3.8, 4) is 0 Å². The first-order chi connectivity index (χ1) is 8.16. The third-order valence-electron chi connectivity index (χ3n) is 2.23. The number of carbonyl (C=O) groups excluding carboxylic acids is 1. The lowest BCUT2D eigenvalue weighted by Crippen LogP contribution is -2.22. The van der Waals surface area contributed by atoms with Gasteiger partial charge in [-0.25, -0.2) is 0 Å². The Morgan fingerprint density at radius 3 is 2.94 bits per heavy atom. The summed E-state index contributed by atoms with van der Waals surface area (Å²) in [5, 5.41) is 6.88. The summed E-state index contributed by atoms with van der Waals surface area (Å²) in [5.74, 6) is -0.0982. The second-order valence-corrected chi connectivity index (χ2v) is 5.63. The number of rotatable bonds is 3. The van der Waals surface area contributed by atoms with Gasteiger partial charge in [-0.2, -0.15) is 11.3 Å². The molecule has 17 heavy (non-hydrogen) atoms. The number of thiophene rings is 1. The monoisotopic (exact) mass is 327 g/mol. The van der Waals surface area contributed by atoms with E-state index in [0.29, 0.717) is 12.1 Å². The maximum atomic E-state index is 11.9. The molecular formula is C12H10BrNOS2. The molecule has 0 saturated carbocycles. The van der Waals surface area contributed by atoms with Crippen molar-refractivity contribution in [2.75, 3.05) is 0 Å². The minimum absolute atomic E-state index is 0.0982. The summed E-state index contributed by atoms with van der Waals surface area (Å²) in [5.41, 5.74) is 1.72. The largest absolute Gasteiger partial charge is 0.348 e. The Morgan fingerprint density at radius 2 is 2.24 bits per heavy atom. The Bertz CT molecular complexity index is 525. The lowest BCUT2D eigenvalue weighted by Gasteiger charge is -2.06. The molecule has 5 heteroatoms. The molecule has 0 saturated heterocycles. The van der Waals surface area contributed by atoms with E-state index in [0.717, 1.165) is 14.9 Å². The predicted molar refractivity (Wildman–Crippen MR) is 76.9 cm³/mol. The third-order valence-corrected chi connectivity index (χ3v) is 3.93. The van der Waals surface area contributed by atoms with Crippen LogP contribution in [0.4, 0.5) is 0 Å². The summed E-state index contributed by atoms with van der Waals surface area (Å²) < 4.78 is 0.776. The number of halogens is 1. The molecule has 0 bridgehead atoms. The molecule has 0 radical (unpaired) electrons. The Labute approximate surface area is 118 Å². The first-order valence-corrected chi connectivity index (χ1v) is 7.13. The maximum Gasteiger partial charge on any atom is 0.252 e. The Balaban J connectivity index is 2.07. The van der Waals surface area contributed by atoms with Crippen LogP contribution in [0.15, 0.2) is 44.4 Å². The van der Waals surface area contributed by atoms with Crippen LogP contribution in [0.1, 0.15) is 15.9 Å². The van der Waals surface area contributed by atoms with E-state index in [9.17, 15) is 4.79 Å². The zero-order valence-electron chi connectivity index (χ0n) is 8.81. The van der Waals surface area contributed by atoms with Gasteiger partial charge in [0, 0.05) is 15.9 Å². The molecule has 1 aromatic carbocycles. The highest BCUT2D eigenvalue weighted by molar-refractivity contribution is 9.10. The molecule has 0 aliphatic carbocycles. The van der Waals surface area contributed by atoms with E-state index in [2.05, 4.69) is 33.9 Å². The van der Waals surface area contributed by atoms with Gasteiger partial charge in [0.2, 0.25) is 0 Å². The van der Waals surface area contributed by atoms with Gasteiger partial charge in [0.15, 0.2) is 0 Å². The number of amides is 1.